The van der Waals surface area contributed by atoms with Crippen LogP contribution in [-0.2, 0) is 22.3 Å². The summed E-state index contributed by atoms with van der Waals surface area (Å²) in [6.45, 7) is 1.35. The molecule has 0 aliphatic carbocycles. The number of carbonyl (C=O) groups is 2. The maximum absolute atomic E-state index is 13.4. The molecule has 0 aliphatic heterocycles. The van der Waals surface area contributed by atoms with Crippen LogP contribution in [-0.4, -0.2) is 48.3 Å². The molecule has 2 N–H and O–H groups in total. The first-order valence-corrected chi connectivity index (χ1v) is 11.1. The molecule has 38 heavy (non-hydrogen) atoms. The number of aromatic nitrogens is 2. The molecule has 0 saturated heterocycles. The minimum atomic E-state index is -4.64. The number of amides is 2. The highest BCUT2D eigenvalue weighted by Crippen LogP contribution is 2.40. The SMILES string of the molecule is COC[C@](C)(NC(=O)Oc1cncnc1)C(=O)NCc1ccc(Oc2ccc(OC)cc2C(F)(F)F)cc1. The first kappa shape index (κ1) is 28.2. The number of carbonyl (C=O) groups excluding carboxylic acids is 2. The standard InChI is InChI=1S/C25H25F3N4O6/c1-24(14-35-2,32-23(34)38-19-12-29-15-30-13-19)22(33)31-11-16-4-6-17(7-5-16)37-21-9-8-18(36-3)10-20(21)25(26,27)28/h4-10,12-13,15H,11,14H2,1-3H3,(H,31,33)(H,32,34)/t24-/m0/s1. The molecule has 0 spiro atoms. The third-order valence-electron chi connectivity index (χ3n) is 5.16. The zero-order valence-electron chi connectivity index (χ0n) is 20.7. The number of hydrogen-bond acceptors (Lipinski definition) is 8. The van der Waals surface area contributed by atoms with Crippen LogP contribution in [0.2, 0.25) is 0 Å². The lowest BCUT2D eigenvalue weighted by atomic mass is 10.0. The topological polar surface area (TPSA) is 121 Å². The maximum Gasteiger partial charge on any atom is 0.420 e. The molecule has 3 aromatic rings. The highest BCUT2D eigenvalue weighted by Gasteiger charge is 2.36. The first-order valence-electron chi connectivity index (χ1n) is 11.1. The maximum atomic E-state index is 13.4. The van der Waals surface area contributed by atoms with E-state index in [0.29, 0.717) is 5.56 Å². The highest BCUT2D eigenvalue weighted by atomic mass is 19.4. The second-order valence-corrected chi connectivity index (χ2v) is 8.14. The van der Waals surface area contributed by atoms with Crippen LogP contribution >= 0.6 is 0 Å². The Hall–Kier alpha value is -4.39. The van der Waals surface area contributed by atoms with Crippen LogP contribution in [0.15, 0.2) is 61.2 Å². The van der Waals surface area contributed by atoms with Crippen molar-refractivity contribution < 1.29 is 41.7 Å². The van der Waals surface area contributed by atoms with Crippen molar-refractivity contribution in [2.24, 2.45) is 0 Å². The Bertz CT molecular complexity index is 1240. The average Bonchev–Trinajstić information content (AvgIpc) is 2.88. The summed E-state index contributed by atoms with van der Waals surface area (Å²) in [6.07, 6.45) is -1.71. The van der Waals surface area contributed by atoms with Crippen LogP contribution in [0.25, 0.3) is 0 Å². The van der Waals surface area contributed by atoms with Gasteiger partial charge in [0, 0.05) is 13.7 Å². The third kappa shape index (κ3) is 7.56. The largest absolute Gasteiger partial charge is 0.497 e. The van der Waals surface area contributed by atoms with E-state index in [1.54, 1.807) is 12.1 Å². The number of alkyl halides is 3. The Balaban J connectivity index is 1.62. The molecule has 3 rings (SSSR count). The van der Waals surface area contributed by atoms with Crippen LogP contribution in [0.5, 0.6) is 23.0 Å². The van der Waals surface area contributed by atoms with E-state index >= 15 is 0 Å². The molecule has 1 atom stereocenters. The fourth-order valence-corrected chi connectivity index (χ4v) is 3.27. The second-order valence-electron chi connectivity index (χ2n) is 8.14. The molecule has 10 nitrogen and oxygen atoms in total. The Labute approximate surface area is 216 Å². The predicted molar refractivity (Wildman–Crippen MR) is 128 cm³/mol. The van der Waals surface area contributed by atoms with Gasteiger partial charge in [-0.2, -0.15) is 13.2 Å². The highest BCUT2D eigenvalue weighted by molar-refractivity contribution is 5.90. The zero-order valence-corrected chi connectivity index (χ0v) is 20.7. The van der Waals surface area contributed by atoms with Crippen molar-refractivity contribution >= 4 is 12.0 Å². The van der Waals surface area contributed by atoms with Gasteiger partial charge in [-0.15, -0.1) is 0 Å². The zero-order chi connectivity index (χ0) is 27.8. The van der Waals surface area contributed by atoms with E-state index in [0.717, 1.165) is 6.07 Å². The molecule has 0 unspecified atom stereocenters. The lowest BCUT2D eigenvalue weighted by Gasteiger charge is -2.28. The normalized spacial score (nSPS) is 12.7. The summed E-state index contributed by atoms with van der Waals surface area (Å²) in [5, 5.41) is 5.15. The van der Waals surface area contributed by atoms with E-state index in [1.807, 2.05) is 0 Å². The van der Waals surface area contributed by atoms with Gasteiger partial charge in [0.15, 0.2) is 5.75 Å². The van der Waals surface area contributed by atoms with Crippen molar-refractivity contribution in [2.45, 2.75) is 25.2 Å². The Morgan fingerprint density at radius 1 is 0.947 bits per heavy atom. The quantitative estimate of drug-likeness (QED) is 0.399. The fraction of sp³-hybridized carbons (Fsp3) is 0.280. The van der Waals surface area contributed by atoms with Gasteiger partial charge < -0.3 is 29.6 Å². The Kier molecular flexibility index (Phi) is 9.07. The first-order chi connectivity index (χ1) is 18.0. The Morgan fingerprint density at radius 3 is 2.21 bits per heavy atom. The molecular weight excluding hydrogens is 509 g/mol. The van der Waals surface area contributed by atoms with Crippen molar-refractivity contribution in [2.75, 3.05) is 20.8 Å². The number of rotatable bonds is 10. The van der Waals surface area contributed by atoms with Crippen LogP contribution in [0.1, 0.15) is 18.1 Å². The van der Waals surface area contributed by atoms with Gasteiger partial charge in [0.1, 0.15) is 34.7 Å². The van der Waals surface area contributed by atoms with Crippen molar-refractivity contribution in [3.05, 3.63) is 72.3 Å². The lowest BCUT2D eigenvalue weighted by Crippen LogP contribution is -2.60. The number of hydrogen-bond donors (Lipinski definition) is 2. The molecule has 0 aliphatic rings. The van der Waals surface area contributed by atoms with Gasteiger partial charge in [-0.3, -0.25) is 4.79 Å². The molecule has 0 saturated carbocycles. The van der Waals surface area contributed by atoms with Gasteiger partial charge in [0.05, 0.1) is 26.1 Å². The average molecular weight is 534 g/mol. The van der Waals surface area contributed by atoms with Gasteiger partial charge in [0.2, 0.25) is 5.91 Å². The van der Waals surface area contributed by atoms with Crippen LogP contribution < -0.4 is 24.8 Å². The van der Waals surface area contributed by atoms with Gasteiger partial charge in [-0.05, 0) is 42.8 Å². The Morgan fingerprint density at radius 2 is 1.61 bits per heavy atom. The molecule has 2 aromatic carbocycles. The summed E-state index contributed by atoms with van der Waals surface area (Å²) in [5.41, 5.74) is -1.83. The summed E-state index contributed by atoms with van der Waals surface area (Å²) in [5.74, 6) is -0.643. The van der Waals surface area contributed by atoms with E-state index in [-0.39, 0.29) is 36.1 Å². The van der Waals surface area contributed by atoms with Crippen molar-refractivity contribution in [1.29, 1.82) is 0 Å². The predicted octanol–water partition coefficient (Wildman–Crippen LogP) is 4.11. The summed E-state index contributed by atoms with van der Waals surface area (Å²) < 4.78 is 60.7. The molecule has 13 heteroatoms. The smallest absolute Gasteiger partial charge is 0.420 e. The molecule has 1 heterocycles. The van der Waals surface area contributed by atoms with E-state index in [1.165, 1.54) is 64.1 Å². The van der Waals surface area contributed by atoms with E-state index < -0.39 is 29.3 Å². The number of benzene rings is 2. The van der Waals surface area contributed by atoms with E-state index in [9.17, 15) is 22.8 Å². The van der Waals surface area contributed by atoms with Crippen molar-refractivity contribution in [3.63, 3.8) is 0 Å². The molecule has 2 amide bonds. The number of nitrogens with one attached hydrogen (secondary N) is 2. The summed E-state index contributed by atoms with van der Waals surface area (Å²) in [7, 11) is 2.64. The second kappa shape index (κ2) is 12.2. The van der Waals surface area contributed by atoms with Gasteiger partial charge >= 0.3 is 12.3 Å². The molecular formula is C25H25F3N4O6. The molecule has 0 bridgehead atoms. The lowest BCUT2D eigenvalue weighted by molar-refractivity contribution is -0.138. The van der Waals surface area contributed by atoms with E-state index in [2.05, 4.69) is 20.6 Å². The van der Waals surface area contributed by atoms with Crippen LogP contribution in [0, 0.1) is 0 Å². The molecule has 0 fully saturated rings. The van der Waals surface area contributed by atoms with E-state index in [4.69, 9.17) is 18.9 Å². The number of methoxy groups -OCH3 is 2. The molecule has 202 valence electrons. The van der Waals surface area contributed by atoms with Gasteiger partial charge in [-0.1, -0.05) is 12.1 Å². The minimum absolute atomic E-state index is 0.0491. The summed E-state index contributed by atoms with van der Waals surface area (Å²) in [4.78, 5) is 32.6. The molecule has 0 radical (unpaired) electrons. The van der Waals surface area contributed by atoms with Crippen LogP contribution in [0.4, 0.5) is 18.0 Å². The monoisotopic (exact) mass is 534 g/mol. The van der Waals surface area contributed by atoms with Crippen LogP contribution in [0.3, 0.4) is 0 Å². The summed E-state index contributed by atoms with van der Waals surface area (Å²) >= 11 is 0. The van der Waals surface area contributed by atoms with Gasteiger partial charge in [-0.25, -0.2) is 14.8 Å². The number of halogens is 3. The van der Waals surface area contributed by atoms with Crippen molar-refractivity contribution in [3.8, 4) is 23.0 Å². The van der Waals surface area contributed by atoms with Gasteiger partial charge in [0.25, 0.3) is 0 Å². The number of ether oxygens (including phenoxy) is 4. The third-order valence-corrected chi connectivity index (χ3v) is 5.16. The summed E-state index contributed by atoms with van der Waals surface area (Å²) in [6, 6.07) is 9.50. The molecule has 1 aromatic heterocycles. The fourth-order valence-electron chi connectivity index (χ4n) is 3.27. The number of nitrogens with zero attached hydrogens (tertiary/aromatic N) is 2. The minimum Gasteiger partial charge on any atom is -0.497 e. The van der Waals surface area contributed by atoms with Crippen molar-refractivity contribution in [1.82, 2.24) is 20.6 Å².